The van der Waals surface area contributed by atoms with Crippen molar-refractivity contribution in [1.82, 2.24) is 4.90 Å². The molecule has 5 nitrogen and oxygen atoms in total. The van der Waals surface area contributed by atoms with Gasteiger partial charge in [-0.1, -0.05) is 19.0 Å². The minimum absolute atomic E-state index is 0.182. The van der Waals surface area contributed by atoms with Gasteiger partial charge in [0.25, 0.3) is 0 Å². The van der Waals surface area contributed by atoms with E-state index in [2.05, 4.69) is 28.8 Å². The first-order valence-corrected chi connectivity index (χ1v) is 6.06. The maximum Gasteiger partial charge on any atom is 0.0723 e. The van der Waals surface area contributed by atoms with Gasteiger partial charge in [0.05, 0.1) is 12.6 Å². The quantitative estimate of drug-likeness (QED) is 0.428. The third-order valence-electron chi connectivity index (χ3n) is 3.04. The van der Waals surface area contributed by atoms with Gasteiger partial charge in [-0.25, -0.2) is 0 Å². The lowest BCUT2D eigenvalue weighted by atomic mass is 10.0. The topological polar surface area (TPSA) is 72.2 Å². The highest BCUT2D eigenvalue weighted by Gasteiger charge is 2.26. The van der Waals surface area contributed by atoms with E-state index in [1.165, 1.54) is 19.3 Å². The zero-order valence-corrected chi connectivity index (χ0v) is 10.2. The molecule has 0 aromatic heterocycles. The maximum atomic E-state index is 9.69. The van der Waals surface area contributed by atoms with Crippen molar-refractivity contribution < 1.29 is 5.11 Å². The lowest BCUT2D eigenvalue weighted by Gasteiger charge is -2.27. The number of rotatable bonds is 6. The SMILES string of the molecule is CC(C)CC1CCCN1C[C@@H](O)CN=[N+]=[N-]. The number of likely N-dealkylation sites (tertiary alicyclic amines) is 1. The summed E-state index contributed by atoms with van der Waals surface area (Å²) in [5, 5.41) is 13.1. The van der Waals surface area contributed by atoms with E-state index in [9.17, 15) is 5.11 Å². The van der Waals surface area contributed by atoms with Crippen LogP contribution in [0.4, 0.5) is 0 Å². The van der Waals surface area contributed by atoms with Crippen LogP contribution in [0.3, 0.4) is 0 Å². The van der Waals surface area contributed by atoms with Gasteiger partial charge >= 0.3 is 0 Å². The largest absolute Gasteiger partial charge is 0.392 e. The summed E-state index contributed by atoms with van der Waals surface area (Å²) in [7, 11) is 0. The average Bonchev–Trinajstić information content (AvgIpc) is 2.62. The molecule has 0 aromatic rings. The number of aliphatic hydroxyl groups is 1. The Balaban J connectivity index is 2.36. The molecule has 1 fully saturated rings. The van der Waals surface area contributed by atoms with Crippen LogP contribution in [0, 0.1) is 5.92 Å². The van der Waals surface area contributed by atoms with Gasteiger partial charge in [-0.3, -0.25) is 4.90 Å². The molecule has 0 bridgehead atoms. The number of hydrogen-bond donors (Lipinski definition) is 1. The van der Waals surface area contributed by atoms with Crippen molar-refractivity contribution in [2.24, 2.45) is 11.0 Å². The van der Waals surface area contributed by atoms with Gasteiger partial charge in [-0.05, 0) is 37.3 Å². The fourth-order valence-corrected chi connectivity index (χ4v) is 2.41. The van der Waals surface area contributed by atoms with Crippen LogP contribution >= 0.6 is 0 Å². The van der Waals surface area contributed by atoms with Crippen LogP contribution in [-0.4, -0.2) is 41.8 Å². The second kappa shape index (κ2) is 6.74. The van der Waals surface area contributed by atoms with Crippen molar-refractivity contribution in [1.29, 1.82) is 0 Å². The molecule has 1 aliphatic heterocycles. The Morgan fingerprint density at radius 3 is 2.94 bits per heavy atom. The second-order valence-electron chi connectivity index (χ2n) is 4.99. The lowest BCUT2D eigenvalue weighted by Crippen LogP contribution is -2.38. The highest BCUT2D eigenvalue weighted by atomic mass is 16.3. The van der Waals surface area contributed by atoms with Gasteiger partial charge in [0.2, 0.25) is 0 Å². The first kappa shape index (κ1) is 13.3. The number of β-amino-alcohol motifs (C(OH)–C–C–N with tert-alkyl or cyclic N) is 1. The van der Waals surface area contributed by atoms with Crippen molar-refractivity contribution in [2.45, 2.75) is 45.3 Å². The molecule has 5 heteroatoms. The number of nitrogens with zero attached hydrogens (tertiary/aromatic N) is 4. The first-order chi connectivity index (χ1) is 7.63. The normalized spacial score (nSPS) is 23.4. The van der Waals surface area contributed by atoms with Crippen molar-refractivity contribution in [3.8, 4) is 0 Å². The van der Waals surface area contributed by atoms with Gasteiger partial charge in [0.1, 0.15) is 0 Å². The Morgan fingerprint density at radius 2 is 2.31 bits per heavy atom. The van der Waals surface area contributed by atoms with Crippen LogP contribution in [0.1, 0.15) is 33.1 Å². The van der Waals surface area contributed by atoms with Crippen molar-refractivity contribution >= 4 is 0 Å². The fraction of sp³-hybridized carbons (Fsp3) is 1.00. The standard InChI is InChI=1S/C11H22N4O/c1-9(2)6-10-4-3-5-15(10)8-11(16)7-13-14-12/h9-11,16H,3-8H2,1-2H3/t10?,11-/m0/s1. The van der Waals surface area contributed by atoms with Crippen LogP contribution in [0.2, 0.25) is 0 Å². The Bertz CT molecular complexity index is 250. The zero-order chi connectivity index (χ0) is 12.0. The number of aliphatic hydroxyl groups excluding tert-OH is 1. The summed E-state index contributed by atoms with van der Waals surface area (Å²) < 4.78 is 0. The molecule has 1 N–H and O–H groups in total. The van der Waals surface area contributed by atoms with Gasteiger partial charge < -0.3 is 5.11 Å². The molecular formula is C11H22N4O. The Hall–Kier alpha value is -0.770. The van der Waals surface area contributed by atoms with Gasteiger partial charge in [0.15, 0.2) is 0 Å². The van der Waals surface area contributed by atoms with E-state index in [0.717, 1.165) is 6.54 Å². The zero-order valence-electron chi connectivity index (χ0n) is 10.2. The average molecular weight is 226 g/mol. The van der Waals surface area contributed by atoms with E-state index < -0.39 is 6.10 Å². The minimum atomic E-state index is -0.524. The van der Waals surface area contributed by atoms with Crippen LogP contribution < -0.4 is 0 Å². The van der Waals surface area contributed by atoms with Gasteiger partial charge in [-0.2, -0.15) is 0 Å². The summed E-state index contributed by atoms with van der Waals surface area (Å²) in [6.07, 6.45) is 3.11. The predicted molar refractivity (Wildman–Crippen MR) is 64.1 cm³/mol. The minimum Gasteiger partial charge on any atom is -0.392 e. The smallest absolute Gasteiger partial charge is 0.0723 e. The van der Waals surface area contributed by atoms with E-state index in [0.29, 0.717) is 18.5 Å². The summed E-state index contributed by atoms with van der Waals surface area (Å²) in [6, 6.07) is 0.598. The van der Waals surface area contributed by atoms with Gasteiger partial charge in [-0.15, -0.1) is 0 Å². The van der Waals surface area contributed by atoms with Crippen LogP contribution in [0.25, 0.3) is 10.4 Å². The van der Waals surface area contributed by atoms with Crippen LogP contribution in [-0.2, 0) is 0 Å². The van der Waals surface area contributed by atoms with Crippen molar-refractivity contribution in [3.63, 3.8) is 0 Å². The van der Waals surface area contributed by atoms with Crippen LogP contribution in [0.15, 0.2) is 5.11 Å². The number of azide groups is 1. The molecule has 0 amide bonds. The third kappa shape index (κ3) is 4.39. The number of hydrogen-bond acceptors (Lipinski definition) is 3. The van der Waals surface area contributed by atoms with E-state index in [1.807, 2.05) is 0 Å². The Morgan fingerprint density at radius 1 is 1.56 bits per heavy atom. The predicted octanol–water partition coefficient (Wildman–Crippen LogP) is 2.17. The molecule has 1 unspecified atom stereocenters. The summed E-state index contributed by atoms with van der Waals surface area (Å²) in [5.41, 5.74) is 8.18. The molecule has 2 atom stereocenters. The monoisotopic (exact) mass is 226 g/mol. The van der Waals surface area contributed by atoms with Crippen molar-refractivity contribution in [2.75, 3.05) is 19.6 Å². The Labute approximate surface area is 97.1 Å². The lowest BCUT2D eigenvalue weighted by molar-refractivity contribution is 0.106. The second-order valence-corrected chi connectivity index (χ2v) is 4.99. The molecule has 16 heavy (non-hydrogen) atoms. The molecule has 92 valence electrons. The molecule has 0 saturated carbocycles. The van der Waals surface area contributed by atoms with E-state index in [1.54, 1.807) is 0 Å². The summed E-state index contributed by atoms with van der Waals surface area (Å²) >= 11 is 0. The third-order valence-corrected chi connectivity index (χ3v) is 3.04. The molecule has 0 aliphatic carbocycles. The summed E-state index contributed by atoms with van der Waals surface area (Å²) in [4.78, 5) is 5.00. The molecule has 0 aromatic carbocycles. The summed E-state index contributed by atoms with van der Waals surface area (Å²) in [5.74, 6) is 0.694. The molecule has 1 heterocycles. The molecule has 1 rings (SSSR count). The molecule has 1 aliphatic rings. The van der Waals surface area contributed by atoms with Crippen LogP contribution in [0.5, 0.6) is 0 Å². The summed E-state index contributed by atoms with van der Waals surface area (Å²) in [6.45, 7) is 6.34. The molecule has 0 radical (unpaired) electrons. The van der Waals surface area contributed by atoms with Crippen molar-refractivity contribution in [3.05, 3.63) is 10.4 Å². The first-order valence-electron chi connectivity index (χ1n) is 6.06. The Kier molecular flexibility index (Phi) is 5.60. The van der Waals surface area contributed by atoms with E-state index in [-0.39, 0.29) is 6.54 Å². The van der Waals surface area contributed by atoms with E-state index in [4.69, 9.17) is 5.53 Å². The molecule has 1 saturated heterocycles. The highest BCUT2D eigenvalue weighted by molar-refractivity contribution is 4.82. The molecule has 0 spiro atoms. The maximum absolute atomic E-state index is 9.69. The fourth-order valence-electron chi connectivity index (χ4n) is 2.41. The van der Waals surface area contributed by atoms with E-state index >= 15 is 0 Å². The highest BCUT2D eigenvalue weighted by Crippen LogP contribution is 2.23. The van der Waals surface area contributed by atoms with Gasteiger partial charge in [0, 0.05) is 17.5 Å². The molecular weight excluding hydrogens is 204 g/mol.